The van der Waals surface area contributed by atoms with E-state index in [1.165, 1.54) is 22.5 Å². The Bertz CT molecular complexity index is 1010. The molecule has 0 spiro atoms. The molecule has 0 unspecified atom stereocenters. The Morgan fingerprint density at radius 1 is 1.17 bits per heavy atom. The zero-order valence-corrected chi connectivity index (χ0v) is 18.1. The molecule has 0 atom stereocenters. The van der Waals surface area contributed by atoms with E-state index >= 15 is 0 Å². The van der Waals surface area contributed by atoms with Crippen LogP contribution < -0.4 is 11.1 Å². The van der Waals surface area contributed by atoms with Gasteiger partial charge < -0.3 is 15.8 Å². The molecule has 0 saturated carbocycles. The highest BCUT2D eigenvalue weighted by atomic mass is 35.5. The van der Waals surface area contributed by atoms with Crippen molar-refractivity contribution in [3.63, 3.8) is 0 Å². The average Bonchev–Trinajstić information content (AvgIpc) is 2.72. The number of carbonyl (C=O) groups excluding carboxylic acids is 1. The molecular weight excluding hydrogens is 437 g/mol. The molecule has 1 saturated heterocycles. The number of aryl methyl sites for hydroxylation is 1. The van der Waals surface area contributed by atoms with E-state index in [2.05, 4.69) is 5.32 Å². The lowest BCUT2D eigenvalue weighted by Crippen LogP contribution is -2.41. The summed E-state index contributed by atoms with van der Waals surface area (Å²) in [5.41, 5.74) is 7.14. The molecule has 0 aromatic heterocycles. The summed E-state index contributed by atoms with van der Waals surface area (Å²) in [7, 11) is -3.74. The first-order chi connectivity index (χ1) is 13.7. The Morgan fingerprint density at radius 3 is 2.38 bits per heavy atom. The number of ether oxygens (including phenoxy) is 1. The molecule has 10 heteroatoms. The smallest absolute Gasteiger partial charge is 0.255 e. The lowest BCUT2D eigenvalue weighted by molar-refractivity contribution is 0.0730. The summed E-state index contributed by atoms with van der Waals surface area (Å²) in [6.45, 7) is 3.12. The molecule has 1 aliphatic heterocycles. The molecule has 1 fully saturated rings. The van der Waals surface area contributed by atoms with Crippen molar-refractivity contribution >= 4 is 50.5 Å². The van der Waals surface area contributed by atoms with Gasteiger partial charge in [0, 0.05) is 24.3 Å². The van der Waals surface area contributed by atoms with Gasteiger partial charge in [-0.05, 0) is 36.2 Å². The number of hydrogen-bond donors (Lipinski definition) is 2. The summed E-state index contributed by atoms with van der Waals surface area (Å²) in [6.07, 6.45) is 0.518. The van der Waals surface area contributed by atoms with Crippen LogP contribution in [0.5, 0.6) is 0 Å². The molecular formula is C19H21Cl2N3O4S. The number of nitrogens with one attached hydrogen (secondary N) is 1. The number of nitrogens with two attached hydrogens (primary N) is 1. The summed E-state index contributed by atoms with van der Waals surface area (Å²) in [4.78, 5) is 12.8. The SMILES string of the molecule is CCc1ccc(C(=O)Nc2cc(Cl)c(N)c(Cl)c2)cc1S(=O)(=O)N1CCOCC1. The van der Waals surface area contributed by atoms with Gasteiger partial charge in [-0.2, -0.15) is 4.31 Å². The molecule has 2 aromatic carbocycles. The van der Waals surface area contributed by atoms with E-state index in [9.17, 15) is 13.2 Å². The van der Waals surface area contributed by atoms with Gasteiger partial charge in [0.15, 0.2) is 0 Å². The van der Waals surface area contributed by atoms with Crippen LogP contribution in [0.2, 0.25) is 10.0 Å². The summed E-state index contributed by atoms with van der Waals surface area (Å²) < 4.78 is 32.9. The van der Waals surface area contributed by atoms with E-state index in [1.54, 1.807) is 12.1 Å². The van der Waals surface area contributed by atoms with Gasteiger partial charge in [0.1, 0.15) is 0 Å². The van der Waals surface area contributed by atoms with Gasteiger partial charge in [0.2, 0.25) is 10.0 Å². The van der Waals surface area contributed by atoms with Crippen LogP contribution in [-0.4, -0.2) is 44.9 Å². The number of halogens is 2. The molecule has 7 nitrogen and oxygen atoms in total. The predicted octanol–water partition coefficient (Wildman–Crippen LogP) is 3.41. The van der Waals surface area contributed by atoms with Crippen molar-refractivity contribution in [2.24, 2.45) is 0 Å². The molecule has 1 amide bonds. The fourth-order valence-corrected chi connectivity index (χ4v) is 5.23. The fraction of sp³-hybridized carbons (Fsp3) is 0.316. The largest absolute Gasteiger partial charge is 0.396 e. The molecule has 29 heavy (non-hydrogen) atoms. The number of nitrogens with zero attached hydrogens (tertiary/aromatic N) is 1. The zero-order chi connectivity index (χ0) is 21.2. The van der Waals surface area contributed by atoms with Gasteiger partial charge in [0.05, 0.1) is 33.8 Å². The average molecular weight is 458 g/mol. The van der Waals surface area contributed by atoms with Crippen molar-refractivity contribution in [1.29, 1.82) is 0 Å². The molecule has 0 bridgehead atoms. The van der Waals surface area contributed by atoms with E-state index in [0.717, 1.165) is 0 Å². The van der Waals surface area contributed by atoms with Crippen LogP contribution in [-0.2, 0) is 21.2 Å². The highest BCUT2D eigenvalue weighted by Crippen LogP contribution is 2.31. The molecule has 156 valence electrons. The highest BCUT2D eigenvalue weighted by molar-refractivity contribution is 7.89. The van der Waals surface area contributed by atoms with Gasteiger partial charge in [-0.15, -0.1) is 0 Å². The number of anilines is 2. The van der Waals surface area contributed by atoms with E-state index in [1.807, 2.05) is 6.92 Å². The third kappa shape index (κ3) is 4.67. The fourth-order valence-electron chi connectivity index (χ4n) is 3.01. The molecule has 3 rings (SSSR count). The molecule has 2 aromatic rings. The first-order valence-electron chi connectivity index (χ1n) is 9.00. The van der Waals surface area contributed by atoms with Crippen LogP contribution in [0.25, 0.3) is 0 Å². The Balaban J connectivity index is 1.93. The monoisotopic (exact) mass is 457 g/mol. The molecule has 0 aliphatic carbocycles. The van der Waals surface area contributed by atoms with Gasteiger partial charge in [-0.3, -0.25) is 4.79 Å². The summed E-state index contributed by atoms with van der Waals surface area (Å²) in [5, 5.41) is 3.10. The summed E-state index contributed by atoms with van der Waals surface area (Å²) in [5.74, 6) is -0.483. The molecule has 1 heterocycles. The number of morpholine rings is 1. The third-order valence-electron chi connectivity index (χ3n) is 4.64. The van der Waals surface area contributed by atoms with Crippen LogP contribution in [0.15, 0.2) is 35.2 Å². The van der Waals surface area contributed by atoms with E-state index in [4.69, 9.17) is 33.7 Å². The maximum absolute atomic E-state index is 13.1. The number of nitrogen functional groups attached to an aromatic ring is 1. The summed E-state index contributed by atoms with van der Waals surface area (Å²) in [6, 6.07) is 7.61. The maximum Gasteiger partial charge on any atom is 0.255 e. The number of amides is 1. The maximum atomic E-state index is 13.1. The minimum Gasteiger partial charge on any atom is -0.396 e. The van der Waals surface area contributed by atoms with Gasteiger partial charge in [-0.1, -0.05) is 36.2 Å². The minimum absolute atomic E-state index is 0.128. The number of sulfonamides is 1. The normalized spacial score (nSPS) is 15.3. The van der Waals surface area contributed by atoms with Crippen LogP contribution in [0.4, 0.5) is 11.4 Å². The van der Waals surface area contributed by atoms with Crippen LogP contribution in [0.3, 0.4) is 0 Å². The first-order valence-corrected chi connectivity index (χ1v) is 11.2. The van der Waals surface area contributed by atoms with Gasteiger partial charge in [0.25, 0.3) is 5.91 Å². The van der Waals surface area contributed by atoms with Crippen molar-refractivity contribution in [2.45, 2.75) is 18.2 Å². The Labute approximate surface area is 179 Å². The van der Waals surface area contributed by atoms with Crippen molar-refractivity contribution in [2.75, 3.05) is 37.4 Å². The Morgan fingerprint density at radius 2 is 1.79 bits per heavy atom. The number of carbonyl (C=O) groups is 1. The Hall–Kier alpha value is -1.84. The number of hydrogen-bond acceptors (Lipinski definition) is 5. The predicted molar refractivity (Wildman–Crippen MR) is 114 cm³/mol. The van der Waals surface area contributed by atoms with Crippen LogP contribution >= 0.6 is 23.2 Å². The minimum atomic E-state index is -3.74. The quantitative estimate of drug-likeness (QED) is 0.669. The molecule has 0 radical (unpaired) electrons. The van der Waals surface area contributed by atoms with Crippen molar-refractivity contribution < 1.29 is 17.9 Å². The lowest BCUT2D eigenvalue weighted by atomic mass is 10.1. The highest BCUT2D eigenvalue weighted by Gasteiger charge is 2.29. The molecule has 1 aliphatic rings. The third-order valence-corrected chi connectivity index (χ3v) is 7.24. The van der Waals surface area contributed by atoms with Crippen molar-refractivity contribution in [1.82, 2.24) is 4.31 Å². The van der Waals surface area contributed by atoms with Gasteiger partial charge >= 0.3 is 0 Å². The topological polar surface area (TPSA) is 102 Å². The second-order valence-electron chi connectivity index (χ2n) is 6.50. The second-order valence-corrected chi connectivity index (χ2v) is 9.22. The zero-order valence-electron chi connectivity index (χ0n) is 15.7. The number of rotatable bonds is 5. The lowest BCUT2D eigenvalue weighted by Gasteiger charge is -2.27. The Kier molecular flexibility index (Phi) is 6.70. The molecule has 3 N–H and O–H groups in total. The van der Waals surface area contributed by atoms with Gasteiger partial charge in [-0.25, -0.2) is 8.42 Å². The summed E-state index contributed by atoms with van der Waals surface area (Å²) >= 11 is 12.0. The van der Waals surface area contributed by atoms with E-state index in [0.29, 0.717) is 30.9 Å². The van der Waals surface area contributed by atoms with Crippen molar-refractivity contribution in [3.05, 3.63) is 51.5 Å². The standard InChI is InChI=1S/C19H21Cl2N3O4S/c1-2-12-3-4-13(9-17(12)29(26,27)24-5-7-28-8-6-24)19(25)23-14-10-15(20)18(22)16(21)11-14/h3-4,9-11H,2,5-8,22H2,1H3,(H,23,25). The van der Waals surface area contributed by atoms with Crippen molar-refractivity contribution in [3.8, 4) is 0 Å². The number of benzene rings is 2. The van der Waals surface area contributed by atoms with Crippen LogP contribution in [0.1, 0.15) is 22.8 Å². The van der Waals surface area contributed by atoms with Crippen LogP contribution in [0, 0.1) is 0 Å². The second kappa shape index (κ2) is 8.89. The van der Waals surface area contributed by atoms with E-state index in [-0.39, 0.29) is 39.3 Å². The van der Waals surface area contributed by atoms with E-state index < -0.39 is 15.9 Å². The first kappa shape index (κ1) is 21.9.